The lowest BCUT2D eigenvalue weighted by Gasteiger charge is -2.57. The van der Waals surface area contributed by atoms with Crippen molar-refractivity contribution in [2.24, 2.45) is 34.5 Å². The fourth-order valence-corrected chi connectivity index (χ4v) is 8.14. The van der Waals surface area contributed by atoms with E-state index in [0.717, 1.165) is 31.1 Å². The van der Waals surface area contributed by atoms with E-state index in [9.17, 15) is 9.90 Å². The molecule has 3 nitrogen and oxygen atoms in total. The van der Waals surface area contributed by atoms with Crippen molar-refractivity contribution in [3.8, 4) is 0 Å². The maximum Gasteiger partial charge on any atom is 0.135 e. The number of nitrogens with zero attached hydrogens (tertiary/aromatic N) is 1. The van der Waals surface area contributed by atoms with E-state index in [-0.39, 0.29) is 29.8 Å². The van der Waals surface area contributed by atoms with Gasteiger partial charge in [-0.25, -0.2) is 0 Å². The van der Waals surface area contributed by atoms with Crippen LogP contribution in [0.2, 0.25) is 0 Å². The van der Waals surface area contributed by atoms with Gasteiger partial charge in [0.15, 0.2) is 0 Å². The second-order valence-electron chi connectivity index (χ2n) is 10.6. The lowest BCUT2D eigenvalue weighted by atomic mass is 9.47. The van der Waals surface area contributed by atoms with Crippen LogP contribution in [0, 0.1) is 34.5 Å². The number of aliphatic hydroxyl groups excluding tert-OH is 1. The number of aliphatic hydroxyl groups is 1. The zero-order valence-electron chi connectivity index (χ0n) is 17.1. The van der Waals surface area contributed by atoms with E-state index >= 15 is 0 Å². The van der Waals surface area contributed by atoms with Gasteiger partial charge in [-0.05, 0) is 80.5 Å². The summed E-state index contributed by atoms with van der Waals surface area (Å²) in [7, 11) is 0. The molecule has 1 saturated heterocycles. The average Bonchev–Trinajstić information content (AvgIpc) is 3.37. The Kier molecular flexibility index (Phi) is 4.85. The van der Waals surface area contributed by atoms with Gasteiger partial charge in [-0.3, -0.25) is 9.69 Å². The van der Waals surface area contributed by atoms with Crippen LogP contribution >= 0.6 is 12.4 Å². The molecule has 1 heterocycles. The molecule has 4 aliphatic carbocycles. The molecule has 3 saturated carbocycles. The quantitative estimate of drug-likeness (QED) is 0.563. The van der Waals surface area contributed by atoms with Crippen LogP contribution < -0.4 is 0 Å². The third-order valence-electron chi connectivity index (χ3n) is 9.49. The predicted molar refractivity (Wildman–Crippen MR) is 110 cm³/mol. The van der Waals surface area contributed by atoms with Crippen LogP contribution in [-0.2, 0) is 4.79 Å². The highest BCUT2D eigenvalue weighted by Gasteiger charge is 2.63. The minimum atomic E-state index is -0.125. The SMILES string of the molecule is CC(=O)[C@H]1[C@H](N2CC2)C[C@H]2[C@@H]3CC=C4C[C@@H](O)CC[C@]4(C)[C@H]3CC[C@@]21C.Cl. The molecule has 8 atom stereocenters. The van der Waals surface area contributed by atoms with Gasteiger partial charge in [0.25, 0.3) is 0 Å². The number of fused-ring (bicyclic) bond motifs is 5. The summed E-state index contributed by atoms with van der Waals surface area (Å²) in [6, 6.07) is 0.507. The number of allylic oxidation sites excluding steroid dienone is 1. The largest absolute Gasteiger partial charge is 0.393 e. The summed E-state index contributed by atoms with van der Waals surface area (Å²) in [5.41, 5.74) is 2.05. The fraction of sp³-hybridized carbons (Fsp3) is 0.870. The van der Waals surface area contributed by atoms with Crippen LogP contribution in [0.25, 0.3) is 0 Å². The summed E-state index contributed by atoms with van der Waals surface area (Å²) in [6.45, 7) is 9.19. The van der Waals surface area contributed by atoms with Gasteiger partial charge in [0, 0.05) is 25.0 Å². The van der Waals surface area contributed by atoms with E-state index in [2.05, 4.69) is 24.8 Å². The number of rotatable bonds is 2. The van der Waals surface area contributed by atoms with E-state index in [4.69, 9.17) is 0 Å². The number of ketones is 1. The Labute approximate surface area is 170 Å². The lowest BCUT2D eigenvalue weighted by Crippen LogP contribution is -2.51. The monoisotopic (exact) mass is 393 g/mol. The van der Waals surface area contributed by atoms with Crippen LogP contribution in [0.4, 0.5) is 0 Å². The molecule has 0 unspecified atom stereocenters. The van der Waals surface area contributed by atoms with E-state index in [1.165, 1.54) is 38.8 Å². The maximum atomic E-state index is 12.7. The molecular formula is C23H36ClNO2. The number of carbonyl (C=O) groups is 1. The first-order valence-electron chi connectivity index (χ1n) is 11.0. The molecule has 1 aliphatic heterocycles. The predicted octanol–water partition coefficient (Wildman–Crippen LogP) is 4.23. The smallest absolute Gasteiger partial charge is 0.135 e. The zero-order chi connectivity index (χ0) is 18.3. The molecule has 0 bridgehead atoms. The molecule has 0 aromatic heterocycles. The van der Waals surface area contributed by atoms with E-state index in [1.807, 2.05) is 6.92 Å². The summed E-state index contributed by atoms with van der Waals surface area (Å²) in [5.74, 6) is 2.88. The molecular weight excluding hydrogens is 358 g/mol. The molecule has 0 radical (unpaired) electrons. The van der Waals surface area contributed by atoms with E-state index in [0.29, 0.717) is 23.2 Å². The van der Waals surface area contributed by atoms with Gasteiger partial charge in [0.05, 0.1) is 6.10 Å². The Hall–Kier alpha value is -0.380. The molecule has 4 heteroatoms. The third-order valence-corrected chi connectivity index (χ3v) is 9.49. The fourth-order valence-electron chi connectivity index (χ4n) is 8.14. The topological polar surface area (TPSA) is 40.3 Å². The summed E-state index contributed by atoms with van der Waals surface area (Å²) in [6.07, 6.45) is 10.3. The van der Waals surface area contributed by atoms with Gasteiger partial charge in [-0.2, -0.15) is 0 Å². The van der Waals surface area contributed by atoms with Crippen LogP contribution in [0.15, 0.2) is 11.6 Å². The second kappa shape index (κ2) is 6.57. The molecule has 152 valence electrons. The first kappa shape index (κ1) is 19.9. The van der Waals surface area contributed by atoms with Gasteiger partial charge in [0.2, 0.25) is 0 Å². The molecule has 27 heavy (non-hydrogen) atoms. The maximum absolute atomic E-state index is 12.7. The molecule has 1 N–H and O–H groups in total. The van der Waals surface area contributed by atoms with Crippen molar-refractivity contribution < 1.29 is 9.90 Å². The summed E-state index contributed by atoms with van der Waals surface area (Å²) in [5, 5.41) is 10.2. The third kappa shape index (κ3) is 2.79. The minimum absolute atomic E-state index is 0. The van der Waals surface area contributed by atoms with Crippen LogP contribution in [-0.4, -0.2) is 41.0 Å². The summed E-state index contributed by atoms with van der Waals surface area (Å²) < 4.78 is 0. The molecule has 0 aromatic carbocycles. The Bertz CT molecular complexity index is 659. The normalized spacial score (nSPS) is 51.3. The Morgan fingerprint density at radius 3 is 2.59 bits per heavy atom. The van der Waals surface area contributed by atoms with Crippen molar-refractivity contribution in [3.05, 3.63) is 11.6 Å². The first-order valence-corrected chi connectivity index (χ1v) is 11.0. The van der Waals surface area contributed by atoms with Crippen molar-refractivity contribution in [1.82, 2.24) is 4.90 Å². The van der Waals surface area contributed by atoms with Crippen molar-refractivity contribution >= 4 is 18.2 Å². The van der Waals surface area contributed by atoms with Gasteiger partial charge < -0.3 is 5.11 Å². The molecule has 0 spiro atoms. The van der Waals surface area contributed by atoms with E-state index < -0.39 is 0 Å². The summed E-state index contributed by atoms with van der Waals surface area (Å²) >= 11 is 0. The van der Waals surface area contributed by atoms with Crippen molar-refractivity contribution in [1.29, 1.82) is 0 Å². The lowest BCUT2D eigenvalue weighted by molar-refractivity contribution is -0.128. The minimum Gasteiger partial charge on any atom is -0.393 e. The Morgan fingerprint density at radius 2 is 1.93 bits per heavy atom. The van der Waals surface area contributed by atoms with E-state index in [1.54, 1.807) is 5.57 Å². The molecule has 0 amide bonds. The van der Waals surface area contributed by atoms with Crippen molar-refractivity contribution in [3.63, 3.8) is 0 Å². The van der Waals surface area contributed by atoms with Crippen LogP contribution in [0.5, 0.6) is 0 Å². The van der Waals surface area contributed by atoms with Crippen molar-refractivity contribution in [2.45, 2.75) is 77.9 Å². The van der Waals surface area contributed by atoms with Crippen LogP contribution in [0.3, 0.4) is 0 Å². The van der Waals surface area contributed by atoms with Gasteiger partial charge in [-0.15, -0.1) is 12.4 Å². The van der Waals surface area contributed by atoms with Crippen molar-refractivity contribution in [2.75, 3.05) is 13.1 Å². The highest BCUT2D eigenvalue weighted by atomic mass is 35.5. The highest BCUT2D eigenvalue weighted by Crippen LogP contribution is 2.67. The number of Topliss-reactive ketones (excluding diaryl/α,β-unsaturated/α-hetero) is 1. The average molecular weight is 394 g/mol. The molecule has 5 rings (SSSR count). The first-order chi connectivity index (χ1) is 12.3. The highest BCUT2D eigenvalue weighted by molar-refractivity contribution is 5.85. The van der Waals surface area contributed by atoms with Crippen LogP contribution in [0.1, 0.15) is 65.7 Å². The Balaban J connectivity index is 0.00000180. The standard InChI is InChI=1S/C23H35NO2.ClH/c1-14(25)21-20(24-10-11-24)13-19-17-5-4-15-12-16(26)6-8-22(15,2)18(17)7-9-23(19,21)3;/h4,16-21,26H,5-13H2,1-3H3;1H/t16-,17+,18-,19-,20+,21-,22-,23-;/m0./s1. The number of hydrogen-bond acceptors (Lipinski definition) is 3. The Morgan fingerprint density at radius 1 is 1.19 bits per heavy atom. The molecule has 4 fully saturated rings. The molecule has 5 aliphatic rings. The second-order valence-corrected chi connectivity index (χ2v) is 10.6. The number of halogens is 1. The van der Waals surface area contributed by atoms with Gasteiger partial charge in [0.1, 0.15) is 5.78 Å². The van der Waals surface area contributed by atoms with Gasteiger partial charge in [-0.1, -0.05) is 25.5 Å². The summed E-state index contributed by atoms with van der Waals surface area (Å²) in [4.78, 5) is 15.2. The zero-order valence-corrected chi connectivity index (χ0v) is 17.9. The number of hydrogen-bond donors (Lipinski definition) is 1. The number of carbonyl (C=O) groups excluding carboxylic acids is 1. The molecule has 0 aromatic rings. The van der Waals surface area contributed by atoms with Gasteiger partial charge >= 0.3 is 0 Å².